The van der Waals surface area contributed by atoms with Crippen molar-refractivity contribution in [1.29, 1.82) is 0 Å². The molecule has 5 heterocycles. The molecule has 0 spiro atoms. The van der Waals surface area contributed by atoms with Crippen molar-refractivity contribution in [3.63, 3.8) is 0 Å². The van der Waals surface area contributed by atoms with Gasteiger partial charge in [-0.05, 0) is 51.0 Å². The van der Waals surface area contributed by atoms with E-state index in [0.29, 0.717) is 12.4 Å². The van der Waals surface area contributed by atoms with Crippen molar-refractivity contribution in [2.45, 2.75) is 44.6 Å². The highest BCUT2D eigenvalue weighted by atomic mass is 16.5. The van der Waals surface area contributed by atoms with E-state index >= 15 is 0 Å². The van der Waals surface area contributed by atoms with Gasteiger partial charge in [-0.3, -0.25) is 9.78 Å². The van der Waals surface area contributed by atoms with Crippen molar-refractivity contribution in [3.05, 3.63) is 43.1 Å². The van der Waals surface area contributed by atoms with Gasteiger partial charge in [0, 0.05) is 43.6 Å². The van der Waals surface area contributed by atoms with E-state index in [9.17, 15) is 4.79 Å². The van der Waals surface area contributed by atoms with Crippen LogP contribution in [0.4, 0.5) is 16.4 Å². The van der Waals surface area contributed by atoms with Crippen LogP contribution in [-0.4, -0.2) is 66.0 Å². The van der Waals surface area contributed by atoms with Crippen LogP contribution < -0.4 is 10.6 Å². The number of rotatable bonds is 5. The summed E-state index contributed by atoms with van der Waals surface area (Å²) in [7, 11) is 1.87. The van der Waals surface area contributed by atoms with Gasteiger partial charge < -0.3 is 20.1 Å². The third kappa shape index (κ3) is 5.91. The minimum atomic E-state index is -0.245. The van der Waals surface area contributed by atoms with Crippen molar-refractivity contribution in [1.82, 2.24) is 39.9 Å². The summed E-state index contributed by atoms with van der Waals surface area (Å²) < 4.78 is 13.3. The summed E-state index contributed by atoms with van der Waals surface area (Å²) in [6.07, 6.45) is 14.8. The summed E-state index contributed by atoms with van der Waals surface area (Å²) in [6.45, 7) is 4.28. The number of hydrogen-bond donors (Lipinski definition) is 3. The van der Waals surface area contributed by atoms with Crippen molar-refractivity contribution in [2.75, 3.05) is 25.1 Å². The lowest BCUT2D eigenvalue weighted by Crippen LogP contribution is -2.68. The maximum Gasteiger partial charge on any atom is 0.407 e. The highest BCUT2D eigenvalue weighted by molar-refractivity contribution is 5.74. The second kappa shape index (κ2) is 11.0. The number of nitrogens with zero attached hydrogens (tertiary/aromatic N) is 6. The predicted molar refractivity (Wildman–Crippen MR) is 137 cm³/mol. The van der Waals surface area contributed by atoms with Crippen molar-refractivity contribution >= 4 is 23.2 Å². The summed E-state index contributed by atoms with van der Waals surface area (Å²) >= 11 is 0. The maximum atomic E-state index is 10.9. The Kier molecular flexibility index (Phi) is 7.35. The molecule has 8 rings (SSSR count). The fraction of sp³-hybridized carbons (Fsp3) is 0.480. The first-order valence-electron chi connectivity index (χ1n) is 12.7. The van der Waals surface area contributed by atoms with E-state index in [1.165, 1.54) is 32.1 Å². The van der Waals surface area contributed by atoms with Gasteiger partial charge in [0.1, 0.15) is 11.3 Å². The van der Waals surface area contributed by atoms with Gasteiger partial charge in [-0.15, -0.1) is 0 Å². The van der Waals surface area contributed by atoms with Crippen LogP contribution in [0.1, 0.15) is 39.0 Å². The van der Waals surface area contributed by atoms with Crippen LogP contribution in [0.5, 0.6) is 0 Å². The third-order valence-electron chi connectivity index (χ3n) is 6.65. The smallest absolute Gasteiger partial charge is 0.407 e. The molecule has 0 unspecified atom stereocenters. The van der Waals surface area contributed by atoms with Crippen LogP contribution in [0, 0.1) is 5.92 Å². The normalized spacial score (nSPS) is 21.0. The first kappa shape index (κ1) is 24.8. The summed E-state index contributed by atoms with van der Waals surface area (Å²) in [5.74, 6) is 2.38. The quantitative estimate of drug-likeness (QED) is 0.372. The fourth-order valence-electron chi connectivity index (χ4n) is 4.69. The molecule has 12 heteroatoms. The molecule has 1 amide bonds. The van der Waals surface area contributed by atoms with Gasteiger partial charge in [-0.2, -0.15) is 15.3 Å². The first-order chi connectivity index (χ1) is 18.0. The number of amides is 1. The molecule has 4 aromatic heterocycles. The van der Waals surface area contributed by atoms with Crippen molar-refractivity contribution in [3.8, 4) is 11.3 Å². The molecule has 196 valence electrons. The van der Waals surface area contributed by atoms with Gasteiger partial charge in [-0.25, -0.2) is 14.3 Å². The standard InChI is InChI=1S/C13H12N8.C8H13NO2.C4H8O/c1-20-7-9(6-16-20)10-8-21-11(2-5-15-21)13(17-10)18-12-3-4-14-19-12;1-2-11-7(10)9-8-3-6(4-8)5-8;1-2-4-5-3-1/h2-8H,1H3,(H2,14,17,18,19);6H,2-5H2,1H3,(H,9,10);1-4H2. The number of nitrogens with one attached hydrogen (secondary N) is 3. The number of carbonyl (C=O) groups excluding carboxylic acids is 1. The summed E-state index contributed by atoms with van der Waals surface area (Å²) in [5, 5.41) is 21.4. The second-order valence-electron chi connectivity index (χ2n) is 9.56. The molecular formula is C25H33N9O3. The molecule has 1 saturated heterocycles. The Morgan fingerprint density at radius 2 is 2.00 bits per heavy atom. The summed E-state index contributed by atoms with van der Waals surface area (Å²) in [4.78, 5) is 15.6. The molecule has 3 aliphatic carbocycles. The zero-order valence-corrected chi connectivity index (χ0v) is 21.2. The molecule has 0 atom stereocenters. The van der Waals surface area contributed by atoms with E-state index in [1.54, 1.807) is 27.8 Å². The molecule has 37 heavy (non-hydrogen) atoms. The lowest BCUT2D eigenvalue weighted by molar-refractivity contribution is -0.0474. The molecule has 0 radical (unpaired) electrons. The Morgan fingerprint density at radius 1 is 1.19 bits per heavy atom. The van der Waals surface area contributed by atoms with E-state index in [2.05, 4.69) is 36.0 Å². The largest absolute Gasteiger partial charge is 0.450 e. The van der Waals surface area contributed by atoms with E-state index in [4.69, 9.17) is 9.47 Å². The van der Waals surface area contributed by atoms with E-state index in [0.717, 1.165) is 41.7 Å². The third-order valence-corrected chi connectivity index (χ3v) is 6.65. The number of hydrogen-bond acceptors (Lipinski definition) is 8. The Morgan fingerprint density at radius 3 is 2.57 bits per heavy atom. The number of alkyl carbamates (subject to hydrolysis) is 1. The highest BCUT2D eigenvalue weighted by Crippen LogP contribution is 2.56. The molecule has 3 saturated carbocycles. The zero-order valence-electron chi connectivity index (χ0n) is 21.2. The second-order valence-corrected chi connectivity index (χ2v) is 9.56. The highest BCUT2D eigenvalue weighted by Gasteiger charge is 2.57. The average Bonchev–Trinajstić information content (AvgIpc) is 3.65. The molecule has 1 aliphatic heterocycles. The van der Waals surface area contributed by atoms with Gasteiger partial charge in [0.05, 0.1) is 37.1 Å². The lowest BCUT2D eigenvalue weighted by atomic mass is 9.50. The van der Waals surface area contributed by atoms with Crippen LogP contribution in [0.2, 0.25) is 0 Å². The Balaban J connectivity index is 0.000000145. The van der Waals surface area contributed by atoms with Crippen molar-refractivity contribution < 1.29 is 14.3 Å². The SMILES string of the molecule is C1CCOC1.CCOC(=O)NC12CC(C1)C2.Cn1cc(-c2cn3nccc3c(Nc3ccn[nH]3)n2)cn1. The number of carbonyl (C=O) groups is 1. The van der Waals surface area contributed by atoms with E-state index in [-0.39, 0.29) is 11.6 Å². The van der Waals surface area contributed by atoms with Gasteiger partial charge in [-0.1, -0.05) is 0 Å². The van der Waals surface area contributed by atoms with Crippen LogP contribution in [0.15, 0.2) is 43.1 Å². The maximum absolute atomic E-state index is 10.9. The van der Waals surface area contributed by atoms with E-state index in [1.807, 2.05) is 38.5 Å². The molecule has 4 fully saturated rings. The number of fused-ring (bicyclic) bond motifs is 1. The number of aromatic nitrogens is 7. The first-order valence-corrected chi connectivity index (χ1v) is 12.7. The van der Waals surface area contributed by atoms with E-state index < -0.39 is 0 Å². The van der Waals surface area contributed by atoms with Crippen LogP contribution >= 0.6 is 0 Å². The lowest BCUT2D eigenvalue weighted by Gasteiger charge is -2.61. The molecule has 3 N–H and O–H groups in total. The van der Waals surface area contributed by atoms with Gasteiger partial charge in [0.25, 0.3) is 0 Å². The number of aromatic amines is 1. The van der Waals surface area contributed by atoms with Gasteiger partial charge >= 0.3 is 6.09 Å². The predicted octanol–water partition coefficient (Wildman–Crippen LogP) is 3.68. The molecule has 4 aliphatic rings. The van der Waals surface area contributed by atoms with Crippen molar-refractivity contribution in [2.24, 2.45) is 13.0 Å². The van der Waals surface area contributed by atoms with Crippen LogP contribution in [0.25, 0.3) is 16.8 Å². The molecular weight excluding hydrogens is 474 g/mol. The average molecular weight is 508 g/mol. The molecule has 4 aromatic rings. The number of ether oxygens (including phenoxy) is 2. The zero-order chi connectivity index (χ0) is 25.7. The summed E-state index contributed by atoms with van der Waals surface area (Å²) in [6, 6.07) is 3.74. The van der Waals surface area contributed by atoms with Gasteiger partial charge in [0.15, 0.2) is 5.82 Å². The minimum Gasteiger partial charge on any atom is -0.450 e. The Hall–Kier alpha value is -3.93. The number of anilines is 2. The molecule has 12 nitrogen and oxygen atoms in total. The Labute approximate surface area is 214 Å². The van der Waals surface area contributed by atoms with Crippen LogP contribution in [-0.2, 0) is 16.5 Å². The topological polar surface area (TPSA) is 136 Å². The van der Waals surface area contributed by atoms with Gasteiger partial charge in [0.2, 0.25) is 0 Å². The number of aryl methyl sites for hydroxylation is 1. The monoisotopic (exact) mass is 507 g/mol. The Bertz CT molecular complexity index is 1290. The fourth-order valence-corrected chi connectivity index (χ4v) is 4.69. The van der Waals surface area contributed by atoms with Crippen LogP contribution in [0.3, 0.4) is 0 Å². The minimum absolute atomic E-state index is 0.164. The molecule has 2 bridgehead atoms. The summed E-state index contributed by atoms with van der Waals surface area (Å²) in [5.41, 5.74) is 2.78. The molecule has 0 aromatic carbocycles. The number of H-pyrrole nitrogens is 1.